The average molecular weight is 349 g/mol. The van der Waals surface area contributed by atoms with E-state index in [-0.39, 0.29) is 24.2 Å². The maximum absolute atomic E-state index is 11.9. The molecule has 0 bridgehead atoms. The number of amides is 1. The molecule has 1 N–H and O–H groups in total. The fourth-order valence-electron chi connectivity index (χ4n) is 2.81. The van der Waals surface area contributed by atoms with Gasteiger partial charge in [0.2, 0.25) is 0 Å². The summed E-state index contributed by atoms with van der Waals surface area (Å²) in [4.78, 5) is 23.5. The van der Waals surface area contributed by atoms with Crippen LogP contribution in [0, 0.1) is 5.92 Å². The molecule has 2 rings (SSSR count). The number of rotatable bonds is 9. The molecule has 1 aliphatic rings. The number of benzene rings is 1. The molecule has 1 saturated heterocycles. The van der Waals surface area contributed by atoms with Gasteiger partial charge in [0.15, 0.2) is 18.2 Å². The summed E-state index contributed by atoms with van der Waals surface area (Å²) >= 11 is 0. The molecule has 1 aromatic carbocycles. The van der Waals surface area contributed by atoms with E-state index in [1.165, 1.54) is 0 Å². The second-order valence-electron chi connectivity index (χ2n) is 6.53. The zero-order chi connectivity index (χ0) is 18.3. The minimum Gasteiger partial charge on any atom is -0.484 e. The van der Waals surface area contributed by atoms with Crippen molar-refractivity contribution >= 4 is 11.7 Å². The van der Waals surface area contributed by atoms with Gasteiger partial charge in [0.05, 0.1) is 13.2 Å². The summed E-state index contributed by atoms with van der Waals surface area (Å²) in [5.74, 6) is 0.155. The van der Waals surface area contributed by atoms with Crippen LogP contribution in [0.2, 0.25) is 0 Å². The summed E-state index contributed by atoms with van der Waals surface area (Å²) in [6, 6.07) is 6.83. The van der Waals surface area contributed by atoms with Crippen molar-refractivity contribution in [2.75, 3.05) is 26.4 Å². The lowest BCUT2D eigenvalue weighted by Gasteiger charge is -2.26. The number of carbonyl (C=O) groups excluding carboxylic acids is 2. The fourth-order valence-corrected chi connectivity index (χ4v) is 2.81. The first kappa shape index (κ1) is 19.4. The summed E-state index contributed by atoms with van der Waals surface area (Å²) in [7, 11) is 0. The number of nitrogens with one attached hydrogen (secondary N) is 1. The third kappa shape index (κ3) is 6.14. The molecule has 0 radical (unpaired) electrons. The molecule has 1 heterocycles. The summed E-state index contributed by atoms with van der Waals surface area (Å²) in [6.45, 7) is 7.50. The van der Waals surface area contributed by atoms with Crippen molar-refractivity contribution in [3.8, 4) is 5.75 Å². The quantitative estimate of drug-likeness (QED) is 0.694. The lowest BCUT2D eigenvalue weighted by Crippen LogP contribution is -2.36. The van der Waals surface area contributed by atoms with Gasteiger partial charge in [-0.05, 0) is 37.1 Å². The maximum atomic E-state index is 11.9. The highest BCUT2D eigenvalue weighted by molar-refractivity contribution is 5.95. The summed E-state index contributed by atoms with van der Waals surface area (Å²) in [5.41, 5.74) is 0.651. The van der Waals surface area contributed by atoms with Crippen LogP contribution >= 0.6 is 0 Å². The summed E-state index contributed by atoms with van der Waals surface area (Å²) < 4.78 is 16.6. The SMILES string of the molecule is CCC(=O)c1ccc(OCC(=O)NC[C@@H](C)CC2(C)OCCO2)cc1. The van der Waals surface area contributed by atoms with E-state index in [0.29, 0.717) is 37.5 Å². The first-order valence-electron chi connectivity index (χ1n) is 8.72. The molecule has 25 heavy (non-hydrogen) atoms. The van der Waals surface area contributed by atoms with E-state index >= 15 is 0 Å². The van der Waals surface area contributed by atoms with Gasteiger partial charge in [0.1, 0.15) is 5.75 Å². The molecule has 1 aliphatic heterocycles. The van der Waals surface area contributed by atoms with E-state index in [9.17, 15) is 9.59 Å². The molecular weight excluding hydrogens is 322 g/mol. The Labute approximate surface area is 148 Å². The predicted molar refractivity (Wildman–Crippen MR) is 93.7 cm³/mol. The number of hydrogen-bond donors (Lipinski definition) is 1. The standard InChI is InChI=1S/C19H27NO5/c1-4-17(21)15-5-7-16(8-6-15)23-13-18(22)20-12-14(2)11-19(3)24-9-10-25-19/h5-8,14H,4,9-13H2,1-3H3,(H,20,22)/t14-/m0/s1. The molecule has 1 aromatic rings. The van der Waals surface area contributed by atoms with Crippen molar-refractivity contribution in [2.24, 2.45) is 5.92 Å². The Morgan fingerprint density at radius 2 is 1.88 bits per heavy atom. The molecule has 1 atom stereocenters. The minimum atomic E-state index is -0.543. The Kier molecular flexibility index (Phi) is 6.96. The zero-order valence-electron chi connectivity index (χ0n) is 15.2. The number of Topliss-reactive ketones (excluding diaryl/α,β-unsaturated/α-hetero) is 1. The van der Waals surface area contributed by atoms with Gasteiger partial charge in [-0.1, -0.05) is 13.8 Å². The molecule has 0 aliphatic carbocycles. The van der Waals surface area contributed by atoms with Crippen LogP contribution in [0.5, 0.6) is 5.75 Å². The van der Waals surface area contributed by atoms with Crippen LogP contribution in [0.3, 0.4) is 0 Å². The van der Waals surface area contributed by atoms with E-state index in [0.717, 1.165) is 6.42 Å². The van der Waals surface area contributed by atoms with Gasteiger partial charge >= 0.3 is 0 Å². The van der Waals surface area contributed by atoms with Crippen LogP contribution in [0.15, 0.2) is 24.3 Å². The van der Waals surface area contributed by atoms with E-state index < -0.39 is 5.79 Å². The highest BCUT2D eigenvalue weighted by atomic mass is 16.7. The van der Waals surface area contributed by atoms with Crippen molar-refractivity contribution < 1.29 is 23.8 Å². The molecule has 6 nitrogen and oxygen atoms in total. The molecule has 0 aromatic heterocycles. The Morgan fingerprint density at radius 3 is 2.48 bits per heavy atom. The topological polar surface area (TPSA) is 73.9 Å². The molecule has 1 fully saturated rings. The molecule has 138 valence electrons. The Hall–Kier alpha value is -1.92. The van der Waals surface area contributed by atoms with E-state index in [2.05, 4.69) is 5.32 Å². The first-order valence-corrected chi connectivity index (χ1v) is 8.72. The van der Waals surface area contributed by atoms with Gasteiger partial charge in [-0.2, -0.15) is 0 Å². The summed E-state index contributed by atoms with van der Waals surface area (Å²) in [6.07, 6.45) is 1.19. The molecule has 0 saturated carbocycles. The van der Waals surface area contributed by atoms with Crippen molar-refractivity contribution in [1.29, 1.82) is 0 Å². The van der Waals surface area contributed by atoms with Gasteiger partial charge in [0.25, 0.3) is 5.91 Å². The number of carbonyl (C=O) groups is 2. The van der Waals surface area contributed by atoms with Crippen molar-refractivity contribution in [1.82, 2.24) is 5.32 Å². The van der Waals surface area contributed by atoms with Crippen molar-refractivity contribution in [3.05, 3.63) is 29.8 Å². The first-order chi connectivity index (χ1) is 11.9. The highest BCUT2D eigenvalue weighted by Crippen LogP contribution is 2.26. The maximum Gasteiger partial charge on any atom is 0.257 e. The molecular formula is C19H27NO5. The van der Waals surface area contributed by atoms with Gasteiger partial charge in [-0.15, -0.1) is 0 Å². The molecule has 0 unspecified atom stereocenters. The highest BCUT2D eigenvalue weighted by Gasteiger charge is 2.32. The Bertz CT molecular complexity index is 578. The Balaban J connectivity index is 1.69. The van der Waals surface area contributed by atoms with E-state index in [4.69, 9.17) is 14.2 Å². The van der Waals surface area contributed by atoms with Crippen molar-refractivity contribution in [3.63, 3.8) is 0 Å². The smallest absolute Gasteiger partial charge is 0.257 e. The van der Waals surface area contributed by atoms with E-state index in [1.54, 1.807) is 24.3 Å². The molecule has 1 amide bonds. The largest absolute Gasteiger partial charge is 0.484 e. The van der Waals surface area contributed by atoms with Crippen LogP contribution in [0.1, 0.15) is 44.0 Å². The zero-order valence-corrected chi connectivity index (χ0v) is 15.2. The van der Waals surface area contributed by atoms with Crippen LogP contribution < -0.4 is 10.1 Å². The molecule has 0 spiro atoms. The Morgan fingerprint density at radius 1 is 1.24 bits per heavy atom. The average Bonchev–Trinajstić information content (AvgIpc) is 3.03. The summed E-state index contributed by atoms with van der Waals surface area (Å²) in [5, 5.41) is 2.85. The lowest BCUT2D eigenvalue weighted by molar-refractivity contribution is -0.154. The predicted octanol–water partition coefficient (Wildman–Crippen LogP) is 2.56. The van der Waals surface area contributed by atoms with Crippen LogP contribution in [-0.2, 0) is 14.3 Å². The third-order valence-electron chi connectivity index (χ3n) is 4.13. The van der Waals surface area contributed by atoms with Gasteiger partial charge in [0, 0.05) is 24.9 Å². The van der Waals surface area contributed by atoms with E-state index in [1.807, 2.05) is 20.8 Å². The molecule has 6 heteroatoms. The van der Waals surface area contributed by atoms with Gasteiger partial charge in [-0.25, -0.2) is 0 Å². The van der Waals surface area contributed by atoms with Crippen LogP contribution in [0.4, 0.5) is 0 Å². The van der Waals surface area contributed by atoms with Crippen LogP contribution in [-0.4, -0.2) is 43.8 Å². The third-order valence-corrected chi connectivity index (χ3v) is 4.13. The normalized spacial score (nSPS) is 17.1. The second kappa shape index (κ2) is 8.97. The van der Waals surface area contributed by atoms with Gasteiger partial charge < -0.3 is 19.5 Å². The monoisotopic (exact) mass is 349 g/mol. The lowest BCUT2D eigenvalue weighted by atomic mass is 10.0. The van der Waals surface area contributed by atoms with Crippen LogP contribution in [0.25, 0.3) is 0 Å². The number of ketones is 1. The fraction of sp³-hybridized carbons (Fsp3) is 0.579. The van der Waals surface area contributed by atoms with Crippen molar-refractivity contribution in [2.45, 2.75) is 39.4 Å². The van der Waals surface area contributed by atoms with Gasteiger partial charge in [-0.3, -0.25) is 9.59 Å². The number of hydrogen-bond acceptors (Lipinski definition) is 5. The number of ether oxygens (including phenoxy) is 3. The minimum absolute atomic E-state index is 0.0575. The second-order valence-corrected chi connectivity index (χ2v) is 6.53.